The summed E-state index contributed by atoms with van der Waals surface area (Å²) in [4.78, 5) is 29.2. The molecule has 1 unspecified atom stereocenters. The summed E-state index contributed by atoms with van der Waals surface area (Å²) in [5.41, 5.74) is 1.81. The molecule has 2 heterocycles. The number of thiophene rings is 1. The summed E-state index contributed by atoms with van der Waals surface area (Å²) < 4.78 is 0. The topological polar surface area (TPSA) is 71.1 Å². The molecule has 1 aromatic carbocycles. The van der Waals surface area contributed by atoms with Crippen molar-refractivity contribution >= 4 is 39.6 Å². The van der Waals surface area contributed by atoms with Crippen molar-refractivity contribution in [3.8, 4) is 11.3 Å². The van der Waals surface area contributed by atoms with Crippen molar-refractivity contribution in [2.75, 3.05) is 5.32 Å². The van der Waals surface area contributed by atoms with Gasteiger partial charge in [-0.3, -0.25) is 9.59 Å². The van der Waals surface area contributed by atoms with E-state index in [9.17, 15) is 9.59 Å². The molecule has 122 valence electrons. The number of carbonyl (C=O) groups excluding carboxylic acids is 2. The van der Waals surface area contributed by atoms with Gasteiger partial charge < -0.3 is 10.6 Å². The number of hydrogen-bond donors (Lipinski definition) is 2. The van der Waals surface area contributed by atoms with Crippen LogP contribution in [0.25, 0.3) is 11.3 Å². The molecule has 0 fully saturated rings. The largest absolute Gasteiger partial charge is 0.340 e. The number of amides is 2. The lowest BCUT2D eigenvalue weighted by molar-refractivity contribution is -0.117. The average Bonchev–Trinajstić information content (AvgIpc) is 3.27. The molecule has 0 aliphatic carbocycles. The molecule has 0 bridgehead atoms. The molecule has 0 spiro atoms. The number of nitrogens with zero attached hydrogens (tertiary/aromatic N) is 1. The Balaban J connectivity index is 1.60. The molecule has 3 rings (SSSR count). The average molecular weight is 357 g/mol. The van der Waals surface area contributed by atoms with Gasteiger partial charge in [-0.05, 0) is 18.4 Å². The van der Waals surface area contributed by atoms with E-state index in [1.165, 1.54) is 22.7 Å². The summed E-state index contributed by atoms with van der Waals surface area (Å²) >= 11 is 2.69. The second-order valence-electron chi connectivity index (χ2n) is 5.07. The second-order valence-corrected chi connectivity index (χ2v) is 6.87. The van der Waals surface area contributed by atoms with Crippen molar-refractivity contribution in [3.63, 3.8) is 0 Å². The van der Waals surface area contributed by atoms with E-state index in [2.05, 4.69) is 15.6 Å². The highest BCUT2D eigenvalue weighted by atomic mass is 32.1. The van der Waals surface area contributed by atoms with Crippen LogP contribution in [0.1, 0.15) is 16.6 Å². The Labute approximate surface area is 147 Å². The first-order valence-corrected chi connectivity index (χ1v) is 9.05. The van der Waals surface area contributed by atoms with Gasteiger partial charge in [-0.1, -0.05) is 36.4 Å². The number of benzene rings is 1. The first-order chi connectivity index (χ1) is 11.6. The Morgan fingerprint density at radius 2 is 1.88 bits per heavy atom. The highest BCUT2D eigenvalue weighted by Crippen LogP contribution is 2.24. The normalized spacial score (nSPS) is 11.7. The van der Waals surface area contributed by atoms with Crippen LogP contribution in [0.15, 0.2) is 53.2 Å². The zero-order chi connectivity index (χ0) is 16.9. The molecule has 0 saturated carbocycles. The molecule has 5 nitrogen and oxygen atoms in total. The van der Waals surface area contributed by atoms with Crippen LogP contribution in [0.3, 0.4) is 0 Å². The first kappa shape index (κ1) is 16.4. The fourth-order valence-corrected chi connectivity index (χ4v) is 3.38. The molecule has 0 aliphatic heterocycles. The lowest BCUT2D eigenvalue weighted by Gasteiger charge is -2.12. The number of aromatic nitrogens is 1. The first-order valence-electron chi connectivity index (χ1n) is 7.29. The predicted octanol–water partition coefficient (Wildman–Crippen LogP) is 3.63. The minimum absolute atomic E-state index is 0.253. The van der Waals surface area contributed by atoms with Crippen LogP contribution in [0, 0.1) is 0 Å². The highest BCUT2D eigenvalue weighted by Gasteiger charge is 2.18. The molecule has 2 N–H and O–H groups in total. The van der Waals surface area contributed by atoms with Gasteiger partial charge >= 0.3 is 0 Å². The number of rotatable bonds is 5. The van der Waals surface area contributed by atoms with E-state index >= 15 is 0 Å². The number of nitrogens with one attached hydrogen (secondary N) is 2. The lowest BCUT2D eigenvalue weighted by Crippen LogP contribution is -2.41. The molecule has 3 aromatic rings. The van der Waals surface area contributed by atoms with Crippen LogP contribution < -0.4 is 10.6 Å². The third-order valence-electron chi connectivity index (χ3n) is 3.29. The molecule has 24 heavy (non-hydrogen) atoms. The maximum absolute atomic E-state index is 12.2. The Bertz CT molecular complexity index is 829. The fourth-order valence-electron chi connectivity index (χ4n) is 2.03. The van der Waals surface area contributed by atoms with E-state index in [0.29, 0.717) is 10.0 Å². The van der Waals surface area contributed by atoms with Crippen molar-refractivity contribution in [3.05, 3.63) is 58.1 Å². The van der Waals surface area contributed by atoms with Gasteiger partial charge in [-0.15, -0.1) is 22.7 Å². The van der Waals surface area contributed by atoms with Gasteiger partial charge in [0.25, 0.3) is 5.91 Å². The molecule has 2 amide bonds. The predicted molar refractivity (Wildman–Crippen MR) is 97.4 cm³/mol. The monoisotopic (exact) mass is 357 g/mol. The van der Waals surface area contributed by atoms with E-state index in [-0.39, 0.29) is 11.8 Å². The van der Waals surface area contributed by atoms with Gasteiger partial charge in [0.2, 0.25) is 5.91 Å². The molecule has 0 saturated heterocycles. The maximum atomic E-state index is 12.2. The molecule has 2 aromatic heterocycles. The van der Waals surface area contributed by atoms with E-state index in [0.717, 1.165) is 11.3 Å². The van der Waals surface area contributed by atoms with Crippen molar-refractivity contribution in [2.45, 2.75) is 13.0 Å². The summed E-state index contributed by atoms with van der Waals surface area (Å²) in [7, 11) is 0. The van der Waals surface area contributed by atoms with E-state index in [1.807, 2.05) is 41.1 Å². The highest BCUT2D eigenvalue weighted by molar-refractivity contribution is 7.14. The Hall–Kier alpha value is -2.51. The van der Waals surface area contributed by atoms with Gasteiger partial charge in [-0.25, -0.2) is 4.98 Å². The van der Waals surface area contributed by atoms with Crippen LogP contribution in [0.2, 0.25) is 0 Å². The van der Waals surface area contributed by atoms with Crippen molar-refractivity contribution in [1.82, 2.24) is 10.3 Å². The SMILES string of the molecule is CC(NC(=O)c1cccs1)C(=O)Nc1nc(-c2ccccc2)cs1. The molecular formula is C17H15N3O2S2. The van der Waals surface area contributed by atoms with Crippen molar-refractivity contribution < 1.29 is 9.59 Å². The fraction of sp³-hybridized carbons (Fsp3) is 0.118. The Morgan fingerprint density at radius 1 is 1.08 bits per heavy atom. The van der Waals surface area contributed by atoms with Crippen LogP contribution in [0.4, 0.5) is 5.13 Å². The summed E-state index contributed by atoms with van der Waals surface area (Å²) in [6.07, 6.45) is 0. The Kier molecular flexibility index (Phi) is 5.02. The van der Waals surface area contributed by atoms with Gasteiger partial charge in [-0.2, -0.15) is 0 Å². The van der Waals surface area contributed by atoms with Crippen LogP contribution >= 0.6 is 22.7 Å². The van der Waals surface area contributed by atoms with E-state index in [1.54, 1.807) is 19.1 Å². The zero-order valence-electron chi connectivity index (χ0n) is 12.9. The molecule has 1 atom stereocenters. The molecule has 0 aliphatic rings. The summed E-state index contributed by atoms with van der Waals surface area (Å²) in [5.74, 6) is -0.550. The second kappa shape index (κ2) is 7.37. The number of thiazole rings is 1. The third kappa shape index (κ3) is 3.87. The van der Waals surface area contributed by atoms with Crippen LogP contribution in [0.5, 0.6) is 0 Å². The van der Waals surface area contributed by atoms with Crippen molar-refractivity contribution in [2.24, 2.45) is 0 Å². The van der Waals surface area contributed by atoms with Crippen LogP contribution in [-0.2, 0) is 4.79 Å². The van der Waals surface area contributed by atoms with Gasteiger partial charge in [0.15, 0.2) is 5.13 Å². The summed E-state index contributed by atoms with van der Waals surface area (Å²) in [6, 6.07) is 12.6. The number of anilines is 1. The van der Waals surface area contributed by atoms with E-state index < -0.39 is 6.04 Å². The quantitative estimate of drug-likeness (QED) is 0.732. The minimum Gasteiger partial charge on any atom is -0.340 e. The third-order valence-corrected chi connectivity index (χ3v) is 4.92. The van der Waals surface area contributed by atoms with Crippen LogP contribution in [-0.4, -0.2) is 22.8 Å². The molecule has 0 radical (unpaired) electrons. The lowest BCUT2D eigenvalue weighted by atomic mass is 10.2. The maximum Gasteiger partial charge on any atom is 0.261 e. The standard InChI is InChI=1S/C17H15N3O2S2/c1-11(18-16(22)14-8-5-9-23-14)15(21)20-17-19-13(10-24-17)12-6-3-2-4-7-12/h2-11H,1H3,(H,18,22)(H,19,20,21). The van der Waals surface area contributed by atoms with Gasteiger partial charge in [0.1, 0.15) is 6.04 Å². The van der Waals surface area contributed by atoms with E-state index in [4.69, 9.17) is 0 Å². The van der Waals surface area contributed by atoms with Gasteiger partial charge in [0.05, 0.1) is 10.6 Å². The number of carbonyl (C=O) groups is 2. The molecule has 7 heteroatoms. The zero-order valence-corrected chi connectivity index (χ0v) is 14.5. The minimum atomic E-state index is -0.649. The Morgan fingerprint density at radius 3 is 2.58 bits per heavy atom. The summed E-state index contributed by atoms with van der Waals surface area (Å²) in [6.45, 7) is 1.65. The van der Waals surface area contributed by atoms with Gasteiger partial charge in [0, 0.05) is 10.9 Å². The summed E-state index contributed by atoms with van der Waals surface area (Å²) in [5, 5.41) is 9.64. The number of hydrogen-bond acceptors (Lipinski definition) is 5. The smallest absolute Gasteiger partial charge is 0.261 e. The van der Waals surface area contributed by atoms with Crippen molar-refractivity contribution in [1.29, 1.82) is 0 Å². The molecular weight excluding hydrogens is 342 g/mol.